The molecular weight excluding hydrogens is 210 g/mol. The molecule has 1 heterocycles. The highest BCUT2D eigenvalue weighted by atomic mass is 16.5. The number of anilines is 1. The van der Waals surface area contributed by atoms with Crippen molar-refractivity contribution in [2.75, 3.05) is 39.3 Å². The molecule has 2 N–H and O–H groups in total. The van der Waals surface area contributed by atoms with E-state index in [0.29, 0.717) is 38.0 Å². The van der Waals surface area contributed by atoms with E-state index in [2.05, 4.69) is 5.10 Å². The van der Waals surface area contributed by atoms with Gasteiger partial charge in [-0.1, -0.05) is 0 Å². The minimum Gasteiger partial charge on any atom is -0.474 e. The topological polar surface area (TPSA) is 71.5 Å². The van der Waals surface area contributed by atoms with Crippen molar-refractivity contribution < 1.29 is 14.2 Å². The molecule has 0 saturated carbocycles. The van der Waals surface area contributed by atoms with Gasteiger partial charge in [-0.25, -0.2) is 4.68 Å². The van der Waals surface area contributed by atoms with Crippen LogP contribution in [0.2, 0.25) is 0 Å². The average Bonchev–Trinajstić information content (AvgIpc) is 2.49. The van der Waals surface area contributed by atoms with Crippen LogP contribution >= 0.6 is 0 Å². The molecule has 0 aliphatic rings. The molecule has 0 aromatic carbocycles. The van der Waals surface area contributed by atoms with Gasteiger partial charge in [0.15, 0.2) is 0 Å². The van der Waals surface area contributed by atoms with Gasteiger partial charge in [-0.3, -0.25) is 0 Å². The van der Waals surface area contributed by atoms with Gasteiger partial charge in [0.25, 0.3) is 0 Å². The van der Waals surface area contributed by atoms with Gasteiger partial charge >= 0.3 is 0 Å². The van der Waals surface area contributed by atoms with Crippen LogP contribution in [0.1, 0.15) is 5.69 Å². The monoisotopic (exact) mass is 229 g/mol. The maximum Gasteiger partial charge on any atom is 0.235 e. The molecule has 16 heavy (non-hydrogen) atoms. The lowest BCUT2D eigenvalue weighted by atomic mass is 10.4. The summed E-state index contributed by atoms with van der Waals surface area (Å²) >= 11 is 0. The fourth-order valence-corrected chi connectivity index (χ4v) is 1.27. The number of nitrogen functional groups attached to an aromatic ring is 1. The lowest BCUT2D eigenvalue weighted by Gasteiger charge is -2.07. The van der Waals surface area contributed by atoms with Gasteiger partial charge in [0.05, 0.1) is 25.5 Å². The smallest absolute Gasteiger partial charge is 0.235 e. The molecule has 0 bridgehead atoms. The number of aryl methyl sites for hydroxylation is 2. The molecule has 1 aromatic rings. The van der Waals surface area contributed by atoms with Gasteiger partial charge in [-0.05, 0) is 6.92 Å². The largest absolute Gasteiger partial charge is 0.474 e. The van der Waals surface area contributed by atoms with E-state index in [0.717, 1.165) is 5.69 Å². The third-order valence-electron chi connectivity index (χ3n) is 2.11. The molecule has 0 amide bonds. The zero-order valence-electron chi connectivity index (χ0n) is 10.0. The summed E-state index contributed by atoms with van der Waals surface area (Å²) in [4.78, 5) is 0. The maximum absolute atomic E-state index is 5.80. The fraction of sp³-hybridized carbons (Fsp3) is 0.700. The highest BCUT2D eigenvalue weighted by Crippen LogP contribution is 2.23. The summed E-state index contributed by atoms with van der Waals surface area (Å²) in [6.07, 6.45) is 0. The fourth-order valence-electron chi connectivity index (χ4n) is 1.27. The molecular formula is C10H19N3O3. The number of nitrogens with zero attached hydrogens (tertiary/aromatic N) is 2. The third-order valence-corrected chi connectivity index (χ3v) is 2.11. The second kappa shape index (κ2) is 6.34. The summed E-state index contributed by atoms with van der Waals surface area (Å²) in [5.74, 6) is 0.591. The Balaban J connectivity index is 2.26. The summed E-state index contributed by atoms with van der Waals surface area (Å²) in [5, 5.41) is 4.14. The molecule has 0 atom stereocenters. The van der Waals surface area contributed by atoms with Gasteiger partial charge in [-0.15, -0.1) is 0 Å². The maximum atomic E-state index is 5.80. The number of hydrogen-bond donors (Lipinski definition) is 1. The van der Waals surface area contributed by atoms with Crippen LogP contribution < -0.4 is 10.5 Å². The number of nitrogens with two attached hydrogens (primary N) is 1. The van der Waals surface area contributed by atoms with E-state index in [1.54, 1.807) is 18.8 Å². The van der Waals surface area contributed by atoms with Crippen LogP contribution in [-0.4, -0.2) is 43.3 Å². The van der Waals surface area contributed by atoms with Crippen molar-refractivity contribution in [1.29, 1.82) is 0 Å². The predicted molar refractivity (Wildman–Crippen MR) is 60.5 cm³/mol. The zero-order chi connectivity index (χ0) is 12.0. The summed E-state index contributed by atoms with van der Waals surface area (Å²) < 4.78 is 17.2. The van der Waals surface area contributed by atoms with Crippen molar-refractivity contribution in [1.82, 2.24) is 9.78 Å². The molecule has 1 rings (SSSR count). The Labute approximate surface area is 95.3 Å². The molecule has 6 heteroatoms. The van der Waals surface area contributed by atoms with Crippen LogP contribution in [0.3, 0.4) is 0 Å². The summed E-state index contributed by atoms with van der Waals surface area (Å²) in [6.45, 7) is 3.96. The molecule has 0 aliphatic carbocycles. The predicted octanol–water partition coefficient (Wildman–Crippen LogP) is 0.353. The highest BCUT2D eigenvalue weighted by molar-refractivity contribution is 5.52. The molecule has 0 fully saturated rings. The lowest BCUT2D eigenvalue weighted by Crippen LogP contribution is -2.12. The first-order valence-corrected chi connectivity index (χ1v) is 5.15. The van der Waals surface area contributed by atoms with E-state index in [4.69, 9.17) is 19.9 Å². The van der Waals surface area contributed by atoms with Gasteiger partial charge < -0.3 is 19.9 Å². The Morgan fingerprint density at radius 3 is 2.50 bits per heavy atom. The Kier molecular flexibility index (Phi) is 5.07. The highest BCUT2D eigenvalue weighted by Gasteiger charge is 2.10. The Bertz CT molecular complexity index is 325. The summed E-state index contributed by atoms with van der Waals surface area (Å²) in [7, 11) is 3.43. The van der Waals surface area contributed by atoms with Gasteiger partial charge in [0, 0.05) is 14.2 Å². The number of methoxy groups -OCH3 is 1. The second-order valence-corrected chi connectivity index (χ2v) is 3.38. The van der Waals surface area contributed by atoms with Gasteiger partial charge in [-0.2, -0.15) is 5.10 Å². The minimum atomic E-state index is 0.451. The van der Waals surface area contributed by atoms with Crippen LogP contribution in [0, 0.1) is 6.92 Å². The molecule has 0 aliphatic heterocycles. The van der Waals surface area contributed by atoms with E-state index >= 15 is 0 Å². The first-order valence-electron chi connectivity index (χ1n) is 5.15. The van der Waals surface area contributed by atoms with Crippen molar-refractivity contribution in [2.45, 2.75) is 6.92 Å². The van der Waals surface area contributed by atoms with E-state index in [9.17, 15) is 0 Å². The van der Waals surface area contributed by atoms with Crippen molar-refractivity contribution in [3.63, 3.8) is 0 Å². The lowest BCUT2D eigenvalue weighted by molar-refractivity contribution is 0.0531. The molecule has 0 spiro atoms. The molecule has 0 unspecified atom stereocenters. The van der Waals surface area contributed by atoms with Crippen LogP contribution in [0.5, 0.6) is 5.88 Å². The van der Waals surface area contributed by atoms with Gasteiger partial charge in [0.2, 0.25) is 5.88 Å². The molecule has 0 saturated heterocycles. The van der Waals surface area contributed by atoms with Crippen molar-refractivity contribution in [3.05, 3.63) is 5.69 Å². The van der Waals surface area contributed by atoms with Crippen LogP contribution in [-0.2, 0) is 16.5 Å². The zero-order valence-corrected chi connectivity index (χ0v) is 10.0. The number of aromatic nitrogens is 2. The van der Waals surface area contributed by atoms with Crippen molar-refractivity contribution >= 4 is 5.69 Å². The first kappa shape index (κ1) is 12.8. The third kappa shape index (κ3) is 3.39. The van der Waals surface area contributed by atoms with Crippen molar-refractivity contribution in [2.24, 2.45) is 7.05 Å². The molecule has 6 nitrogen and oxygen atoms in total. The molecule has 0 radical (unpaired) electrons. The van der Waals surface area contributed by atoms with Crippen molar-refractivity contribution in [3.8, 4) is 5.88 Å². The van der Waals surface area contributed by atoms with Gasteiger partial charge in [0.1, 0.15) is 12.3 Å². The van der Waals surface area contributed by atoms with E-state index in [-0.39, 0.29) is 0 Å². The number of rotatable bonds is 7. The summed E-state index contributed by atoms with van der Waals surface area (Å²) in [5.41, 5.74) is 7.16. The van der Waals surface area contributed by atoms with Crippen LogP contribution in [0.4, 0.5) is 5.69 Å². The quantitative estimate of drug-likeness (QED) is 0.683. The van der Waals surface area contributed by atoms with Crippen LogP contribution in [0.15, 0.2) is 0 Å². The standard InChI is InChI=1S/C10H19N3O3/c1-8-9(11)10(13(2)12-8)16-7-6-15-5-4-14-3/h4-7,11H2,1-3H3. The Morgan fingerprint density at radius 1 is 1.25 bits per heavy atom. The van der Waals surface area contributed by atoms with Crippen LogP contribution in [0.25, 0.3) is 0 Å². The molecule has 92 valence electrons. The average molecular weight is 229 g/mol. The van der Waals surface area contributed by atoms with E-state index in [1.807, 2.05) is 6.92 Å². The normalized spacial score (nSPS) is 10.7. The second-order valence-electron chi connectivity index (χ2n) is 3.38. The van der Waals surface area contributed by atoms with E-state index in [1.165, 1.54) is 0 Å². The Hall–Kier alpha value is -1.27. The number of ether oxygens (including phenoxy) is 3. The Morgan fingerprint density at radius 2 is 1.94 bits per heavy atom. The summed E-state index contributed by atoms with van der Waals surface area (Å²) in [6, 6.07) is 0. The molecule has 1 aromatic heterocycles. The number of hydrogen-bond acceptors (Lipinski definition) is 5. The first-order chi connectivity index (χ1) is 7.66. The van der Waals surface area contributed by atoms with E-state index < -0.39 is 0 Å². The minimum absolute atomic E-state index is 0.451. The SMILES string of the molecule is COCCOCCOc1c(N)c(C)nn1C.